The van der Waals surface area contributed by atoms with Crippen LogP contribution in [0, 0.1) is 0 Å². The molecule has 0 aromatic carbocycles. The number of hydrogen-bond acceptors (Lipinski definition) is 4. The molecule has 2 unspecified atom stereocenters. The number of aliphatic hydroxyl groups is 1. The first-order chi connectivity index (χ1) is 6.69. The van der Waals surface area contributed by atoms with Crippen LogP contribution in [0.2, 0.25) is 0 Å². The molecule has 14 heavy (non-hydrogen) atoms. The van der Waals surface area contributed by atoms with Gasteiger partial charge in [0.25, 0.3) is 0 Å². The lowest BCUT2D eigenvalue weighted by molar-refractivity contribution is -0.0767. The van der Waals surface area contributed by atoms with E-state index in [1.165, 1.54) is 0 Å². The topological polar surface area (TPSA) is 35.9 Å². The Balaban J connectivity index is 2.31. The van der Waals surface area contributed by atoms with Crippen molar-refractivity contribution in [1.82, 2.24) is 9.80 Å². The van der Waals surface area contributed by atoms with Crippen LogP contribution >= 0.6 is 0 Å². The Morgan fingerprint density at radius 1 is 1.21 bits per heavy atom. The van der Waals surface area contributed by atoms with Gasteiger partial charge in [0.1, 0.15) is 12.5 Å². The largest absolute Gasteiger partial charge is 0.378 e. The van der Waals surface area contributed by atoms with Gasteiger partial charge in [0.15, 0.2) is 0 Å². The summed E-state index contributed by atoms with van der Waals surface area (Å²) in [6.45, 7) is 7.89. The van der Waals surface area contributed by atoms with Crippen LogP contribution in [0.1, 0.15) is 20.3 Å². The van der Waals surface area contributed by atoms with Crippen LogP contribution in [0.4, 0.5) is 0 Å². The maximum atomic E-state index is 9.64. The molecule has 1 heterocycles. The van der Waals surface area contributed by atoms with Crippen molar-refractivity contribution in [2.24, 2.45) is 0 Å². The summed E-state index contributed by atoms with van der Waals surface area (Å²) in [5.41, 5.74) is 0. The van der Waals surface area contributed by atoms with Gasteiger partial charge in [-0.1, -0.05) is 6.92 Å². The number of methoxy groups -OCH3 is 1. The Morgan fingerprint density at radius 3 is 2.14 bits per heavy atom. The highest BCUT2D eigenvalue weighted by Crippen LogP contribution is 2.09. The van der Waals surface area contributed by atoms with Crippen LogP contribution in [0.25, 0.3) is 0 Å². The van der Waals surface area contributed by atoms with E-state index in [1.54, 1.807) is 7.11 Å². The van der Waals surface area contributed by atoms with Gasteiger partial charge >= 0.3 is 0 Å². The second kappa shape index (κ2) is 5.66. The Morgan fingerprint density at radius 2 is 1.71 bits per heavy atom. The first-order valence-corrected chi connectivity index (χ1v) is 5.38. The quantitative estimate of drug-likeness (QED) is 0.712. The van der Waals surface area contributed by atoms with Gasteiger partial charge in [0.05, 0.1) is 0 Å². The zero-order chi connectivity index (χ0) is 10.6. The van der Waals surface area contributed by atoms with E-state index in [0.29, 0.717) is 0 Å². The van der Waals surface area contributed by atoms with E-state index in [4.69, 9.17) is 4.74 Å². The molecule has 84 valence electrons. The van der Waals surface area contributed by atoms with Crippen molar-refractivity contribution in [2.45, 2.75) is 32.7 Å². The van der Waals surface area contributed by atoms with Gasteiger partial charge in [-0.3, -0.25) is 9.80 Å². The highest BCUT2D eigenvalue weighted by atomic mass is 16.5. The first-order valence-electron chi connectivity index (χ1n) is 5.38. The maximum absolute atomic E-state index is 9.64. The average Bonchev–Trinajstić information content (AvgIpc) is 2.27. The van der Waals surface area contributed by atoms with Crippen LogP contribution in [-0.4, -0.2) is 60.7 Å². The Kier molecular flexibility index (Phi) is 4.81. The number of piperazine rings is 1. The summed E-state index contributed by atoms with van der Waals surface area (Å²) in [5, 5.41) is 9.64. The fourth-order valence-electron chi connectivity index (χ4n) is 1.81. The minimum absolute atomic E-state index is 0.191. The maximum Gasteiger partial charge on any atom is 0.107 e. The summed E-state index contributed by atoms with van der Waals surface area (Å²) in [6, 6.07) is 0. The molecule has 1 saturated heterocycles. The summed E-state index contributed by atoms with van der Waals surface area (Å²) < 4.78 is 5.26. The number of hydrogen-bond donors (Lipinski definition) is 1. The zero-order valence-corrected chi connectivity index (χ0v) is 9.44. The molecule has 0 radical (unpaired) electrons. The summed E-state index contributed by atoms with van der Waals surface area (Å²) in [6.07, 6.45) is 0.728. The summed E-state index contributed by atoms with van der Waals surface area (Å²) >= 11 is 0. The molecule has 0 aromatic heterocycles. The van der Waals surface area contributed by atoms with Gasteiger partial charge in [-0.25, -0.2) is 0 Å². The third-order valence-electron chi connectivity index (χ3n) is 2.99. The second-order valence-electron chi connectivity index (χ2n) is 3.80. The Hall–Kier alpha value is -0.160. The van der Waals surface area contributed by atoms with E-state index in [9.17, 15) is 5.11 Å². The molecule has 0 saturated carbocycles. The molecule has 0 aliphatic carbocycles. The molecule has 4 heteroatoms. The van der Waals surface area contributed by atoms with E-state index in [1.807, 2.05) is 6.92 Å². The van der Waals surface area contributed by atoms with Crippen molar-refractivity contribution in [3.05, 3.63) is 0 Å². The molecule has 4 nitrogen and oxygen atoms in total. The minimum Gasteiger partial charge on any atom is -0.378 e. The van der Waals surface area contributed by atoms with Crippen molar-refractivity contribution >= 4 is 0 Å². The molecule has 0 spiro atoms. The molecule has 0 bridgehead atoms. The van der Waals surface area contributed by atoms with Crippen molar-refractivity contribution in [2.75, 3.05) is 33.3 Å². The lowest BCUT2D eigenvalue weighted by atomic mass is 10.2. The molecular formula is C10H22N2O2. The molecule has 1 rings (SSSR count). The van der Waals surface area contributed by atoms with Crippen LogP contribution < -0.4 is 0 Å². The number of rotatable bonds is 4. The van der Waals surface area contributed by atoms with Crippen molar-refractivity contribution < 1.29 is 9.84 Å². The number of aliphatic hydroxyl groups excluding tert-OH is 1. The summed E-state index contributed by atoms with van der Waals surface area (Å²) in [5.74, 6) is 0. The van der Waals surface area contributed by atoms with Gasteiger partial charge in [-0.15, -0.1) is 0 Å². The van der Waals surface area contributed by atoms with E-state index in [2.05, 4.69) is 16.7 Å². The lowest BCUT2D eigenvalue weighted by Gasteiger charge is -2.39. The Bertz CT molecular complexity index is 140. The monoisotopic (exact) mass is 202 g/mol. The fourth-order valence-corrected chi connectivity index (χ4v) is 1.81. The number of nitrogens with zero attached hydrogens (tertiary/aromatic N) is 2. The van der Waals surface area contributed by atoms with Crippen LogP contribution in [-0.2, 0) is 4.74 Å². The van der Waals surface area contributed by atoms with Gasteiger partial charge in [-0.05, 0) is 13.3 Å². The van der Waals surface area contributed by atoms with Crippen molar-refractivity contribution in [3.63, 3.8) is 0 Å². The summed E-state index contributed by atoms with van der Waals surface area (Å²) in [7, 11) is 1.73. The SMILES string of the molecule is CCC(O)N1CCN(C(C)OC)CC1. The normalized spacial score (nSPS) is 24.9. The third-order valence-corrected chi connectivity index (χ3v) is 2.99. The van der Waals surface area contributed by atoms with Gasteiger partial charge in [0.2, 0.25) is 0 Å². The molecular weight excluding hydrogens is 180 g/mol. The summed E-state index contributed by atoms with van der Waals surface area (Å²) in [4.78, 5) is 4.41. The van der Waals surface area contributed by atoms with Crippen LogP contribution in [0.15, 0.2) is 0 Å². The highest BCUT2D eigenvalue weighted by molar-refractivity contribution is 4.73. The van der Waals surface area contributed by atoms with Gasteiger partial charge < -0.3 is 9.84 Å². The molecule has 1 fully saturated rings. The predicted octanol–water partition coefficient (Wildman–Crippen LogP) is 0.325. The van der Waals surface area contributed by atoms with Gasteiger partial charge in [-0.2, -0.15) is 0 Å². The minimum atomic E-state index is -0.269. The molecule has 1 aliphatic rings. The van der Waals surface area contributed by atoms with Crippen molar-refractivity contribution in [1.29, 1.82) is 0 Å². The standard InChI is InChI=1S/C10H22N2O2/c1-4-10(13)12-7-5-11(6-8-12)9(2)14-3/h9-10,13H,4-8H2,1-3H3. The highest BCUT2D eigenvalue weighted by Gasteiger charge is 2.23. The van der Waals surface area contributed by atoms with E-state index in [-0.39, 0.29) is 12.5 Å². The molecule has 2 atom stereocenters. The average molecular weight is 202 g/mol. The van der Waals surface area contributed by atoms with E-state index in [0.717, 1.165) is 32.6 Å². The fraction of sp³-hybridized carbons (Fsp3) is 1.00. The Labute approximate surface area is 86.4 Å². The molecule has 0 amide bonds. The second-order valence-corrected chi connectivity index (χ2v) is 3.80. The predicted molar refractivity (Wildman–Crippen MR) is 55.9 cm³/mol. The molecule has 1 aliphatic heterocycles. The lowest BCUT2D eigenvalue weighted by Crippen LogP contribution is -2.52. The van der Waals surface area contributed by atoms with Gasteiger partial charge in [0, 0.05) is 33.3 Å². The zero-order valence-electron chi connectivity index (χ0n) is 9.44. The third kappa shape index (κ3) is 2.92. The molecule has 0 aromatic rings. The van der Waals surface area contributed by atoms with E-state index >= 15 is 0 Å². The van der Waals surface area contributed by atoms with Crippen molar-refractivity contribution in [3.8, 4) is 0 Å². The number of ether oxygens (including phenoxy) is 1. The molecule has 1 N–H and O–H groups in total. The van der Waals surface area contributed by atoms with E-state index < -0.39 is 0 Å². The van der Waals surface area contributed by atoms with Crippen LogP contribution in [0.3, 0.4) is 0 Å². The first kappa shape index (κ1) is 11.9. The van der Waals surface area contributed by atoms with Crippen LogP contribution in [0.5, 0.6) is 0 Å². The smallest absolute Gasteiger partial charge is 0.107 e.